The highest BCUT2D eigenvalue weighted by atomic mass is 32.1. The van der Waals surface area contributed by atoms with E-state index in [1.54, 1.807) is 23.7 Å². The normalized spacial score (nSPS) is 16.0. The van der Waals surface area contributed by atoms with Gasteiger partial charge in [-0.2, -0.15) is 0 Å². The zero-order valence-corrected chi connectivity index (χ0v) is 12.6. The molecule has 0 aromatic carbocycles. The van der Waals surface area contributed by atoms with Gasteiger partial charge < -0.3 is 5.32 Å². The Labute approximate surface area is 128 Å². The number of rotatable bonds is 5. The van der Waals surface area contributed by atoms with Crippen LogP contribution in [0.25, 0.3) is 6.08 Å². The van der Waals surface area contributed by atoms with E-state index in [0.717, 1.165) is 11.4 Å². The summed E-state index contributed by atoms with van der Waals surface area (Å²) in [6, 6.07) is 3.34. The average Bonchev–Trinajstić information content (AvgIpc) is 3.00. The van der Waals surface area contributed by atoms with Gasteiger partial charge in [-0.1, -0.05) is 19.3 Å². The molecule has 0 bridgehead atoms. The van der Waals surface area contributed by atoms with Gasteiger partial charge in [-0.3, -0.25) is 14.8 Å². The Hall–Kier alpha value is -1.66. The molecule has 3 N–H and O–H groups in total. The molecular formula is C15H20N2O3S. The fourth-order valence-electron chi connectivity index (χ4n) is 2.47. The van der Waals surface area contributed by atoms with E-state index < -0.39 is 5.91 Å². The standard InChI is InChI=1S/C15H20N2O3S/c18-14(16-10-11-4-2-1-3-5-11)9-7-12-6-8-13(21-12)15(19)17-20/h6-9,11,20H,1-5,10H2,(H,16,18)(H,17,19). The maximum atomic E-state index is 11.7. The van der Waals surface area contributed by atoms with Crippen molar-refractivity contribution < 1.29 is 14.8 Å². The van der Waals surface area contributed by atoms with Crippen molar-refractivity contribution in [3.63, 3.8) is 0 Å². The number of hydrogen-bond acceptors (Lipinski definition) is 4. The first-order valence-corrected chi connectivity index (χ1v) is 8.01. The molecule has 1 fully saturated rings. The van der Waals surface area contributed by atoms with Gasteiger partial charge in [-0.15, -0.1) is 11.3 Å². The Morgan fingerprint density at radius 3 is 2.76 bits per heavy atom. The number of carbonyl (C=O) groups excluding carboxylic acids is 2. The minimum atomic E-state index is -0.540. The van der Waals surface area contributed by atoms with E-state index in [9.17, 15) is 9.59 Å². The Balaban J connectivity index is 1.78. The summed E-state index contributed by atoms with van der Waals surface area (Å²) in [5.74, 6) is -0.0405. The fourth-order valence-corrected chi connectivity index (χ4v) is 3.27. The predicted octanol–water partition coefficient (Wildman–Crippen LogP) is 2.58. The van der Waals surface area contributed by atoms with Gasteiger partial charge in [0.2, 0.25) is 5.91 Å². The fraction of sp³-hybridized carbons (Fsp3) is 0.467. The van der Waals surface area contributed by atoms with E-state index in [1.807, 2.05) is 0 Å². The van der Waals surface area contributed by atoms with Gasteiger partial charge >= 0.3 is 0 Å². The highest BCUT2D eigenvalue weighted by Crippen LogP contribution is 2.22. The number of hydroxylamine groups is 1. The van der Waals surface area contributed by atoms with E-state index in [2.05, 4.69) is 5.32 Å². The number of carbonyl (C=O) groups is 2. The molecule has 0 spiro atoms. The Morgan fingerprint density at radius 2 is 2.05 bits per heavy atom. The van der Waals surface area contributed by atoms with Gasteiger partial charge in [-0.05, 0) is 37.0 Å². The van der Waals surface area contributed by atoms with Gasteiger partial charge in [0.1, 0.15) is 0 Å². The van der Waals surface area contributed by atoms with Gasteiger partial charge in [0.15, 0.2) is 0 Å². The zero-order chi connectivity index (χ0) is 15.1. The van der Waals surface area contributed by atoms with Crippen molar-refractivity contribution in [2.24, 2.45) is 5.92 Å². The molecule has 1 aliphatic rings. The molecule has 0 radical (unpaired) electrons. The van der Waals surface area contributed by atoms with E-state index >= 15 is 0 Å². The van der Waals surface area contributed by atoms with E-state index in [4.69, 9.17) is 5.21 Å². The van der Waals surface area contributed by atoms with E-state index in [0.29, 0.717) is 10.8 Å². The summed E-state index contributed by atoms with van der Waals surface area (Å²) in [5, 5.41) is 11.5. The molecule has 5 nitrogen and oxygen atoms in total. The van der Waals surface area contributed by atoms with Crippen LogP contribution in [0.4, 0.5) is 0 Å². The third-order valence-corrected chi connectivity index (χ3v) is 4.69. The number of nitrogens with one attached hydrogen (secondary N) is 2. The second-order valence-corrected chi connectivity index (χ2v) is 6.34. The first-order valence-electron chi connectivity index (χ1n) is 7.19. The average molecular weight is 308 g/mol. The minimum Gasteiger partial charge on any atom is -0.352 e. The molecule has 1 heterocycles. The molecule has 114 valence electrons. The predicted molar refractivity (Wildman–Crippen MR) is 82.2 cm³/mol. The van der Waals surface area contributed by atoms with Gasteiger partial charge in [-0.25, -0.2) is 5.48 Å². The molecule has 0 aliphatic heterocycles. The summed E-state index contributed by atoms with van der Waals surface area (Å²) in [7, 11) is 0. The zero-order valence-electron chi connectivity index (χ0n) is 11.8. The molecule has 1 aromatic rings. The van der Waals surface area contributed by atoms with Gasteiger partial charge in [0.05, 0.1) is 4.88 Å². The molecule has 0 saturated heterocycles. The van der Waals surface area contributed by atoms with Crippen LogP contribution >= 0.6 is 11.3 Å². The highest BCUT2D eigenvalue weighted by molar-refractivity contribution is 7.14. The van der Waals surface area contributed by atoms with E-state index in [1.165, 1.54) is 49.5 Å². The van der Waals surface area contributed by atoms with Crippen molar-refractivity contribution in [3.8, 4) is 0 Å². The Morgan fingerprint density at radius 1 is 1.29 bits per heavy atom. The van der Waals surface area contributed by atoms with Crippen LogP contribution in [0, 0.1) is 5.92 Å². The molecule has 1 saturated carbocycles. The number of amides is 2. The molecule has 1 aliphatic carbocycles. The van der Waals surface area contributed by atoms with Crippen LogP contribution in [0.15, 0.2) is 18.2 Å². The number of thiophene rings is 1. The molecule has 21 heavy (non-hydrogen) atoms. The summed E-state index contributed by atoms with van der Waals surface area (Å²) in [6.07, 6.45) is 9.41. The number of hydrogen-bond donors (Lipinski definition) is 3. The van der Waals surface area contributed by atoms with Gasteiger partial charge in [0, 0.05) is 17.5 Å². The van der Waals surface area contributed by atoms with Crippen molar-refractivity contribution in [2.45, 2.75) is 32.1 Å². The van der Waals surface area contributed by atoms with Gasteiger partial charge in [0.25, 0.3) is 5.91 Å². The maximum Gasteiger partial charge on any atom is 0.284 e. The van der Waals surface area contributed by atoms with Crippen molar-refractivity contribution >= 4 is 29.2 Å². The third kappa shape index (κ3) is 4.99. The largest absolute Gasteiger partial charge is 0.352 e. The minimum absolute atomic E-state index is 0.109. The van der Waals surface area contributed by atoms with Crippen LogP contribution in [-0.4, -0.2) is 23.6 Å². The molecule has 1 aromatic heterocycles. The molecule has 0 unspecified atom stereocenters. The second kappa shape index (κ2) is 7.95. The summed E-state index contributed by atoms with van der Waals surface area (Å²) in [4.78, 5) is 24.1. The van der Waals surface area contributed by atoms with Crippen LogP contribution in [0.1, 0.15) is 46.7 Å². The summed E-state index contributed by atoms with van der Waals surface area (Å²) in [5.41, 5.74) is 1.58. The Kier molecular flexibility index (Phi) is 5.95. The van der Waals surface area contributed by atoms with Crippen molar-refractivity contribution in [1.29, 1.82) is 0 Å². The van der Waals surface area contributed by atoms with Crippen LogP contribution in [0.5, 0.6) is 0 Å². The first-order chi connectivity index (χ1) is 10.2. The van der Waals surface area contributed by atoms with Crippen LogP contribution < -0.4 is 10.8 Å². The maximum absolute atomic E-state index is 11.7. The van der Waals surface area contributed by atoms with Crippen molar-refractivity contribution in [3.05, 3.63) is 28.0 Å². The molecule has 0 atom stereocenters. The van der Waals surface area contributed by atoms with Crippen LogP contribution in [0.2, 0.25) is 0 Å². The molecular weight excluding hydrogens is 288 g/mol. The summed E-state index contributed by atoms with van der Waals surface area (Å²) < 4.78 is 0. The highest BCUT2D eigenvalue weighted by Gasteiger charge is 2.13. The van der Waals surface area contributed by atoms with Crippen molar-refractivity contribution in [1.82, 2.24) is 10.8 Å². The lowest BCUT2D eigenvalue weighted by atomic mass is 9.89. The smallest absolute Gasteiger partial charge is 0.284 e. The summed E-state index contributed by atoms with van der Waals surface area (Å²) >= 11 is 1.21. The SMILES string of the molecule is O=C(C=Cc1ccc(C(=O)NO)s1)NCC1CCCCC1. The molecule has 2 amide bonds. The lowest BCUT2D eigenvalue weighted by Crippen LogP contribution is -2.28. The first kappa shape index (κ1) is 15.7. The molecule has 2 rings (SSSR count). The third-order valence-electron chi connectivity index (χ3n) is 3.64. The molecule has 6 heteroatoms. The monoisotopic (exact) mass is 308 g/mol. The second-order valence-electron chi connectivity index (χ2n) is 5.23. The van der Waals surface area contributed by atoms with Crippen LogP contribution in [-0.2, 0) is 4.79 Å². The van der Waals surface area contributed by atoms with E-state index in [-0.39, 0.29) is 5.91 Å². The lowest BCUT2D eigenvalue weighted by Gasteiger charge is -2.21. The topological polar surface area (TPSA) is 78.4 Å². The van der Waals surface area contributed by atoms with Crippen LogP contribution in [0.3, 0.4) is 0 Å². The summed E-state index contributed by atoms with van der Waals surface area (Å²) in [6.45, 7) is 0.742. The quantitative estimate of drug-likeness (QED) is 0.444. The lowest BCUT2D eigenvalue weighted by molar-refractivity contribution is -0.116. The van der Waals surface area contributed by atoms with Crippen molar-refractivity contribution in [2.75, 3.05) is 6.54 Å². The Bertz CT molecular complexity index is 519.